The van der Waals surface area contributed by atoms with Crippen molar-refractivity contribution in [2.75, 3.05) is 0 Å². The third kappa shape index (κ3) is 2.70. The molecule has 0 aromatic heterocycles. The van der Waals surface area contributed by atoms with Crippen molar-refractivity contribution in [2.24, 2.45) is 0 Å². The van der Waals surface area contributed by atoms with Crippen molar-refractivity contribution in [3.8, 4) is 0 Å². The average Bonchev–Trinajstić information content (AvgIpc) is 2.33. The van der Waals surface area contributed by atoms with Gasteiger partial charge in [-0.1, -0.05) is 47.6 Å². The first-order chi connectivity index (χ1) is 7.81. The fourth-order valence-electron chi connectivity index (χ4n) is 1.58. The topological polar surface area (TPSA) is 20.2 Å². The van der Waals surface area contributed by atoms with E-state index in [1.807, 2.05) is 30.3 Å². The van der Waals surface area contributed by atoms with Gasteiger partial charge in [0.2, 0.25) is 0 Å². The van der Waals surface area contributed by atoms with E-state index in [1.54, 1.807) is 11.8 Å². The number of hydrogen-bond donors (Lipinski definition) is 1. The Kier molecular flexibility index (Phi) is 4.10. The van der Waals surface area contributed by atoms with Crippen molar-refractivity contribution < 1.29 is 5.11 Å². The van der Waals surface area contributed by atoms with Crippen molar-refractivity contribution in [3.63, 3.8) is 0 Å². The van der Waals surface area contributed by atoms with Gasteiger partial charge in [-0.3, -0.25) is 0 Å². The Balaban J connectivity index is 2.23. The van der Waals surface area contributed by atoms with Crippen molar-refractivity contribution in [1.82, 2.24) is 0 Å². The normalized spacial score (nSPS) is 15.6. The highest BCUT2D eigenvalue weighted by Gasteiger charge is 2.10. The third-order valence-corrected chi connectivity index (χ3v) is 4.20. The molecule has 0 saturated heterocycles. The SMILES string of the molecule is OCc1ccccc1SC1=C(Cl)C=CCC1. The summed E-state index contributed by atoms with van der Waals surface area (Å²) in [4.78, 5) is 2.28. The molecule has 0 fully saturated rings. The summed E-state index contributed by atoms with van der Waals surface area (Å²) in [5.74, 6) is 0. The lowest BCUT2D eigenvalue weighted by molar-refractivity contribution is 0.279. The Morgan fingerprint density at radius 1 is 1.31 bits per heavy atom. The summed E-state index contributed by atoms with van der Waals surface area (Å²) in [6.45, 7) is 0.0733. The molecule has 1 aromatic rings. The van der Waals surface area contributed by atoms with Gasteiger partial charge in [0.05, 0.1) is 11.6 Å². The van der Waals surface area contributed by atoms with Crippen LogP contribution in [-0.4, -0.2) is 5.11 Å². The van der Waals surface area contributed by atoms with Crippen LogP contribution < -0.4 is 0 Å². The number of thioether (sulfide) groups is 1. The number of aliphatic hydroxyl groups is 1. The maximum absolute atomic E-state index is 9.24. The lowest BCUT2D eigenvalue weighted by atomic mass is 10.2. The van der Waals surface area contributed by atoms with Crippen LogP contribution in [0, 0.1) is 0 Å². The second-order valence-corrected chi connectivity index (χ2v) is 5.12. The van der Waals surface area contributed by atoms with Gasteiger partial charge in [0.25, 0.3) is 0 Å². The lowest BCUT2D eigenvalue weighted by Crippen LogP contribution is -1.90. The monoisotopic (exact) mass is 252 g/mol. The highest BCUT2D eigenvalue weighted by molar-refractivity contribution is 8.03. The molecule has 0 bridgehead atoms. The Bertz CT molecular complexity index is 437. The average molecular weight is 253 g/mol. The molecule has 0 amide bonds. The minimum absolute atomic E-state index is 0.0733. The molecule has 84 valence electrons. The summed E-state index contributed by atoms with van der Waals surface area (Å²) < 4.78 is 0. The standard InChI is InChI=1S/C13H13ClOS/c14-11-6-2-4-8-13(11)16-12-7-3-1-5-10(12)9-15/h1-3,5-7,15H,4,8-9H2. The molecule has 0 heterocycles. The maximum Gasteiger partial charge on any atom is 0.0692 e. The molecule has 0 unspecified atom stereocenters. The van der Waals surface area contributed by atoms with E-state index in [1.165, 1.54) is 4.91 Å². The predicted octanol–water partition coefficient (Wildman–Crippen LogP) is 4.07. The van der Waals surface area contributed by atoms with Crippen LogP contribution in [0.3, 0.4) is 0 Å². The van der Waals surface area contributed by atoms with Gasteiger partial charge in [-0.25, -0.2) is 0 Å². The summed E-state index contributed by atoms with van der Waals surface area (Å²) >= 11 is 7.80. The van der Waals surface area contributed by atoms with Gasteiger partial charge in [-0.2, -0.15) is 0 Å². The third-order valence-electron chi connectivity index (χ3n) is 2.44. The van der Waals surface area contributed by atoms with E-state index in [0.717, 1.165) is 28.3 Å². The Labute approximate surface area is 105 Å². The molecule has 0 radical (unpaired) electrons. The minimum atomic E-state index is 0.0733. The second kappa shape index (κ2) is 5.58. The molecule has 16 heavy (non-hydrogen) atoms. The number of allylic oxidation sites excluding steroid dienone is 4. The van der Waals surface area contributed by atoms with E-state index in [0.29, 0.717) is 0 Å². The molecule has 1 nitrogen and oxygen atoms in total. The van der Waals surface area contributed by atoms with Crippen molar-refractivity contribution in [2.45, 2.75) is 24.3 Å². The first-order valence-electron chi connectivity index (χ1n) is 5.23. The maximum atomic E-state index is 9.24. The molecule has 0 saturated carbocycles. The molecular weight excluding hydrogens is 240 g/mol. The summed E-state index contributed by atoms with van der Waals surface area (Å²) in [5, 5.41) is 10.1. The Morgan fingerprint density at radius 3 is 2.88 bits per heavy atom. The number of benzene rings is 1. The van der Waals surface area contributed by atoms with Gasteiger partial charge in [-0.15, -0.1) is 0 Å². The van der Waals surface area contributed by atoms with Crippen molar-refractivity contribution in [1.29, 1.82) is 0 Å². The first kappa shape index (κ1) is 11.8. The second-order valence-electron chi connectivity index (χ2n) is 3.58. The molecule has 1 aromatic carbocycles. The van der Waals surface area contributed by atoms with Gasteiger partial charge in [0.1, 0.15) is 0 Å². The van der Waals surface area contributed by atoms with Gasteiger partial charge < -0.3 is 5.11 Å². The first-order valence-corrected chi connectivity index (χ1v) is 6.42. The fraction of sp³-hybridized carbons (Fsp3) is 0.231. The van der Waals surface area contributed by atoms with Crippen LogP contribution in [-0.2, 0) is 6.61 Å². The van der Waals surface area contributed by atoms with Gasteiger partial charge in [0.15, 0.2) is 0 Å². The highest BCUT2D eigenvalue weighted by Crippen LogP contribution is 2.37. The molecular formula is C13H13ClOS. The molecule has 2 rings (SSSR count). The zero-order valence-corrected chi connectivity index (χ0v) is 10.4. The van der Waals surface area contributed by atoms with Crippen LogP contribution in [0.5, 0.6) is 0 Å². The van der Waals surface area contributed by atoms with Crippen LogP contribution in [0.4, 0.5) is 0 Å². The van der Waals surface area contributed by atoms with E-state index >= 15 is 0 Å². The van der Waals surface area contributed by atoms with E-state index < -0.39 is 0 Å². The van der Waals surface area contributed by atoms with Gasteiger partial charge in [-0.05, 0) is 30.5 Å². The zero-order valence-electron chi connectivity index (χ0n) is 8.82. The summed E-state index contributed by atoms with van der Waals surface area (Å²) in [6, 6.07) is 7.88. The van der Waals surface area contributed by atoms with Crippen molar-refractivity contribution >= 4 is 23.4 Å². The summed E-state index contributed by atoms with van der Waals surface area (Å²) in [7, 11) is 0. The molecule has 0 spiro atoms. The molecule has 0 aliphatic heterocycles. The van der Waals surface area contributed by atoms with Crippen LogP contribution in [0.1, 0.15) is 18.4 Å². The van der Waals surface area contributed by atoms with Crippen LogP contribution in [0.25, 0.3) is 0 Å². The molecule has 3 heteroatoms. The number of hydrogen-bond acceptors (Lipinski definition) is 2. The van der Waals surface area contributed by atoms with Crippen LogP contribution >= 0.6 is 23.4 Å². The summed E-state index contributed by atoms with van der Waals surface area (Å²) in [6.07, 6.45) is 6.07. The largest absolute Gasteiger partial charge is 0.392 e. The predicted molar refractivity (Wildman–Crippen MR) is 69.5 cm³/mol. The van der Waals surface area contributed by atoms with Crippen LogP contribution in [0.15, 0.2) is 51.3 Å². The smallest absolute Gasteiger partial charge is 0.0692 e. The van der Waals surface area contributed by atoms with E-state index in [2.05, 4.69) is 6.08 Å². The Hall–Kier alpha value is -0.700. The van der Waals surface area contributed by atoms with E-state index in [4.69, 9.17) is 11.6 Å². The molecule has 1 N–H and O–H groups in total. The molecule has 1 aliphatic rings. The number of aliphatic hydroxyl groups excluding tert-OH is 1. The van der Waals surface area contributed by atoms with Gasteiger partial charge >= 0.3 is 0 Å². The van der Waals surface area contributed by atoms with E-state index in [9.17, 15) is 5.11 Å². The highest BCUT2D eigenvalue weighted by atomic mass is 35.5. The van der Waals surface area contributed by atoms with Crippen molar-refractivity contribution in [3.05, 3.63) is 51.9 Å². The minimum Gasteiger partial charge on any atom is -0.392 e. The molecule has 0 atom stereocenters. The van der Waals surface area contributed by atoms with Crippen LogP contribution in [0.2, 0.25) is 0 Å². The van der Waals surface area contributed by atoms with Gasteiger partial charge in [0, 0.05) is 9.80 Å². The quantitative estimate of drug-likeness (QED) is 0.875. The Morgan fingerprint density at radius 2 is 2.12 bits per heavy atom. The number of rotatable bonds is 3. The molecule has 1 aliphatic carbocycles. The number of halogens is 1. The lowest BCUT2D eigenvalue weighted by Gasteiger charge is -2.13. The fourth-order valence-corrected chi connectivity index (χ4v) is 2.94. The summed E-state index contributed by atoms with van der Waals surface area (Å²) in [5.41, 5.74) is 0.957. The zero-order chi connectivity index (χ0) is 11.4. The van der Waals surface area contributed by atoms with E-state index in [-0.39, 0.29) is 6.61 Å².